The molecule has 226 valence electrons. The maximum absolute atomic E-state index is 13.0. The largest absolute Gasteiger partial charge is 0.356 e. The predicted molar refractivity (Wildman–Crippen MR) is 153 cm³/mol. The van der Waals surface area contributed by atoms with Crippen molar-refractivity contribution >= 4 is 66.1 Å². The fourth-order valence-electron chi connectivity index (χ4n) is 3.60. The minimum absolute atomic E-state index is 0.00356. The minimum atomic E-state index is -1.04. The van der Waals surface area contributed by atoms with Gasteiger partial charge < -0.3 is 21.2 Å². The van der Waals surface area contributed by atoms with Crippen LogP contribution >= 0.6 is 24.6 Å². The number of nitrogens with two attached hydrogens (primary N) is 1. The maximum Gasteiger partial charge on any atom is 0.244 e. The van der Waals surface area contributed by atoms with Gasteiger partial charge in [0.05, 0.1) is 25.2 Å². The van der Waals surface area contributed by atoms with E-state index in [1.807, 2.05) is 6.92 Å². The van der Waals surface area contributed by atoms with E-state index in [4.69, 9.17) is 5.73 Å². The van der Waals surface area contributed by atoms with Gasteiger partial charge in [-0.25, -0.2) is 10.9 Å². The number of hydrogen-bond donors (Lipinski definition) is 7. The molecule has 0 bridgehead atoms. The number of carbonyl (C=O) groups excluding carboxylic acids is 7. The minimum Gasteiger partial charge on any atom is -0.356 e. The predicted octanol–water partition coefficient (Wildman–Crippen LogP) is -2.00. The molecule has 0 aliphatic carbocycles. The fraction of sp³-hybridized carbons (Fsp3) is 0.708. The molecular weight excluding hydrogens is 562 g/mol. The third-order valence-corrected chi connectivity index (χ3v) is 7.32. The molecule has 1 aliphatic rings. The Morgan fingerprint density at radius 3 is 2.48 bits per heavy atom. The van der Waals surface area contributed by atoms with Crippen molar-refractivity contribution in [3.8, 4) is 0 Å². The number of ketones is 2. The van der Waals surface area contributed by atoms with Gasteiger partial charge in [-0.2, -0.15) is 12.6 Å². The van der Waals surface area contributed by atoms with E-state index < -0.39 is 46.6 Å². The van der Waals surface area contributed by atoms with Crippen LogP contribution in [0.15, 0.2) is 0 Å². The zero-order valence-electron chi connectivity index (χ0n) is 22.7. The second-order valence-electron chi connectivity index (χ2n) is 9.03. The van der Waals surface area contributed by atoms with Crippen LogP contribution in [-0.2, 0) is 33.6 Å². The van der Waals surface area contributed by atoms with Crippen LogP contribution in [-0.4, -0.2) is 102 Å². The molecule has 0 radical (unpaired) electrons. The molecule has 0 aromatic rings. The summed E-state index contributed by atoms with van der Waals surface area (Å²) in [4.78, 5) is 86.1. The van der Waals surface area contributed by atoms with Crippen molar-refractivity contribution in [1.29, 1.82) is 0 Å². The first-order chi connectivity index (χ1) is 19.2. The van der Waals surface area contributed by atoms with Crippen LogP contribution in [0.3, 0.4) is 0 Å². The Hall–Kier alpha value is -2.37. The number of carbonyl (C=O) groups is 7. The molecule has 14 nitrogen and oxygen atoms in total. The summed E-state index contributed by atoms with van der Waals surface area (Å²) in [6, 6.07) is -2.00. The van der Waals surface area contributed by atoms with Crippen molar-refractivity contribution in [2.24, 2.45) is 5.73 Å². The van der Waals surface area contributed by atoms with E-state index in [9.17, 15) is 33.6 Å². The number of thiol groups is 1. The molecule has 0 aromatic carbocycles. The third-order valence-electron chi connectivity index (χ3n) is 5.88. The van der Waals surface area contributed by atoms with Crippen LogP contribution in [0.1, 0.15) is 51.9 Å². The van der Waals surface area contributed by atoms with Gasteiger partial charge >= 0.3 is 0 Å². The first-order valence-electron chi connectivity index (χ1n) is 13.3. The monoisotopic (exact) mass is 603 g/mol. The number of hydrazine groups is 1. The summed E-state index contributed by atoms with van der Waals surface area (Å²) in [5.74, 6) is -3.19. The summed E-state index contributed by atoms with van der Waals surface area (Å²) in [5, 5.41) is 4.26. The normalized spacial score (nSPS) is 16.5. The molecule has 4 amide bonds. The number of imide groups is 1. The Bertz CT molecular complexity index is 894. The van der Waals surface area contributed by atoms with Crippen molar-refractivity contribution in [3.63, 3.8) is 0 Å². The molecule has 1 saturated heterocycles. The summed E-state index contributed by atoms with van der Waals surface area (Å²) < 4.78 is 2.81. The van der Waals surface area contributed by atoms with Gasteiger partial charge in [-0.3, -0.25) is 38.4 Å². The average Bonchev–Trinajstić information content (AvgIpc) is 3.21. The van der Waals surface area contributed by atoms with E-state index in [1.54, 1.807) is 0 Å². The Balaban J connectivity index is 2.67. The molecule has 1 heterocycles. The van der Waals surface area contributed by atoms with Gasteiger partial charge in [-0.1, -0.05) is 31.7 Å². The maximum atomic E-state index is 13.0. The van der Waals surface area contributed by atoms with Crippen LogP contribution in [0.25, 0.3) is 0 Å². The number of likely N-dealkylation sites (tertiary alicyclic amines) is 1. The Morgan fingerprint density at radius 1 is 1.10 bits per heavy atom. The van der Waals surface area contributed by atoms with Gasteiger partial charge in [0.1, 0.15) is 11.5 Å². The number of nitrogens with zero attached hydrogens (tertiary/aromatic N) is 1. The summed E-state index contributed by atoms with van der Waals surface area (Å²) in [6.07, 6.45) is 3.65. The molecule has 1 fully saturated rings. The highest BCUT2D eigenvalue weighted by atomic mass is 32.2. The summed E-state index contributed by atoms with van der Waals surface area (Å²) in [7, 11) is 0. The van der Waals surface area contributed by atoms with Gasteiger partial charge in [-0.05, 0) is 25.8 Å². The second-order valence-corrected chi connectivity index (χ2v) is 10.4. The van der Waals surface area contributed by atoms with E-state index in [0.717, 1.165) is 29.7 Å². The highest BCUT2D eigenvalue weighted by Crippen LogP contribution is 2.24. The molecule has 3 atom stereocenters. The van der Waals surface area contributed by atoms with E-state index in [-0.39, 0.29) is 50.6 Å². The smallest absolute Gasteiger partial charge is 0.244 e. The van der Waals surface area contributed by atoms with Gasteiger partial charge in [0, 0.05) is 31.7 Å². The summed E-state index contributed by atoms with van der Waals surface area (Å²) in [6.45, 7) is 2.53. The first kappa shape index (κ1) is 35.7. The lowest BCUT2D eigenvalue weighted by molar-refractivity contribution is -0.138. The van der Waals surface area contributed by atoms with Crippen molar-refractivity contribution in [3.05, 3.63) is 0 Å². The lowest BCUT2D eigenvalue weighted by Crippen LogP contribution is -2.53. The topological polar surface area (TPSA) is 209 Å². The number of Topliss-reactive ketones (excluding diaryl/α,β-unsaturated/α-hetero) is 2. The van der Waals surface area contributed by atoms with Gasteiger partial charge in [0.2, 0.25) is 35.2 Å². The quantitative estimate of drug-likeness (QED) is 0.0129. The molecule has 0 aromatic heterocycles. The van der Waals surface area contributed by atoms with E-state index in [1.165, 1.54) is 0 Å². The standard InChI is InChI=1S/C24H41N7O7S2/c1-2-3-9-26-19(33)7-11-31-21(35)13-18(24(31)38)40-30-17(15-39)23(37)22(36)16(6-4-5-8-25)29-28-14-20(34)27-10-12-32/h12,16-18,28-30,39H,2-11,13-15,25H2,1H3,(H,26,33)(H,27,34)/t16?,17-,18?/m0/s1. The molecule has 16 heteroatoms. The Kier molecular flexibility index (Phi) is 18.3. The number of nitrogens with one attached hydrogen (secondary N) is 5. The number of amides is 4. The van der Waals surface area contributed by atoms with E-state index in [2.05, 4.69) is 38.8 Å². The van der Waals surface area contributed by atoms with Gasteiger partial charge in [-0.15, -0.1) is 0 Å². The van der Waals surface area contributed by atoms with E-state index >= 15 is 0 Å². The van der Waals surface area contributed by atoms with Crippen molar-refractivity contribution in [2.45, 2.75) is 69.2 Å². The molecule has 1 rings (SSSR count). The molecule has 1 aliphatic heterocycles. The van der Waals surface area contributed by atoms with Gasteiger partial charge in [0.15, 0.2) is 0 Å². The highest BCUT2D eigenvalue weighted by Gasteiger charge is 2.40. The lowest BCUT2D eigenvalue weighted by Gasteiger charge is -2.21. The van der Waals surface area contributed by atoms with Crippen LogP contribution in [0.4, 0.5) is 0 Å². The number of rotatable bonds is 23. The van der Waals surface area contributed by atoms with Gasteiger partial charge in [0.25, 0.3) is 0 Å². The molecule has 40 heavy (non-hydrogen) atoms. The van der Waals surface area contributed by atoms with Crippen LogP contribution in [0.2, 0.25) is 0 Å². The average molecular weight is 604 g/mol. The fourth-order valence-corrected chi connectivity index (χ4v) is 4.96. The molecule has 0 saturated carbocycles. The Morgan fingerprint density at radius 2 is 1.82 bits per heavy atom. The lowest BCUT2D eigenvalue weighted by atomic mass is 10.00. The van der Waals surface area contributed by atoms with Crippen molar-refractivity contribution < 1.29 is 33.6 Å². The van der Waals surface area contributed by atoms with Crippen LogP contribution in [0, 0.1) is 0 Å². The third kappa shape index (κ3) is 12.9. The number of hydrogen-bond acceptors (Lipinski definition) is 13. The molecular formula is C24H41N7O7S2. The van der Waals surface area contributed by atoms with Crippen molar-refractivity contribution in [2.75, 3.05) is 38.5 Å². The molecule has 7 N–H and O–H groups in total. The number of aldehydes is 1. The van der Waals surface area contributed by atoms with Crippen LogP contribution < -0.4 is 31.9 Å². The van der Waals surface area contributed by atoms with E-state index in [0.29, 0.717) is 32.2 Å². The molecule has 2 unspecified atom stereocenters. The van der Waals surface area contributed by atoms with Crippen molar-refractivity contribution in [1.82, 2.24) is 31.1 Å². The Labute approximate surface area is 243 Å². The SMILES string of the molecule is CCCCNC(=O)CCN1C(=O)CC(SN[C@@H](CS)C(=O)C(=O)C(CCCCN)NNCC(=O)NCC=O)C1=O. The summed E-state index contributed by atoms with van der Waals surface area (Å²) in [5.41, 5.74) is 10.8. The second kappa shape index (κ2) is 20.5. The molecule has 0 spiro atoms. The van der Waals surface area contributed by atoms with Crippen LogP contribution in [0.5, 0.6) is 0 Å². The summed E-state index contributed by atoms with van der Waals surface area (Å²) >= 11 is 5.04. The zero-order chi connectivity index (χ0) is 29.9. The number of unbranched alkanes of at least 4 members (excludes halogenated alkanes) is 2. The zero-order valence-corrected chi connectivity index (χ0v) is 24.5. The highest BCUT2D eigenvalue weighted by molar-refractivity contribution is 7.98. The first-order valence-corrected chi connectivity index (χ1v) is 14.8.